The number of hydrogen-bond donors (Lipinski definition) is 1. The predicted octanol–water partition coefficient (Wildman–Crippen LogP) is 3.63. The van der Waals surface area contributed by atoms with E-state index in [1.165, 1.54) is 12.0 Å². The molecule has 1 amide bonds. The van der Waals surface area contributed by atoms with Crippen LogP contribution < -0.4 is 5.32 Å². The number of carbonyl (C=O) groups is 1. The summed E-state index contributed by atoms with van der Waals surface area (Å²) < 4.78 is 0. The number of nitrogens with one attached hydrogen (secondary N) is 1. The van der Waals surface area contributed by atoms with Crippen molar-refractivity contribution in [2.45, 2.75) is 32.2 Å². The van der Waals surface area contributed by atoms with Crippen LogP contribution in [0.3, 0.4) is 0 Å². The third kappa shape index (κ3) is 6.02. The molecule has 2 unspecified atom stereocenters. The van der Waals surface area contributed by atoms with Crippen LogP contribution in [0.25, 0.3) is 0 Å². The summed E-state index contributed by atoms with van der Waals surface area (Å²) in [5.74, 6) is 2.84. The molecule has 128 valence electrons. The second kappa shape index (κ2) is 8.95. The maximum atomic E-state index is 11.8. The van der Waals surface area contributed by atoms with Gasteiger partial charge in [0.25, 0.3) is 0 Å². The molecule has 5 heteroatoms. The molecule has 0 radical (unpaired) electrons. The summed E-state index contributed by atoms with van der Waals surface area (Å²) >= 11 is 7.76. The minimum Gasteiger partial charge on any atom is -0.353 e. The first-order valence-electron chi connectivity index (χ1n) is 8.27. The second-order valence-electron chi connectivity index (χ2n) is 6.71. The Morgan fingerprint density at radius 1 is 1.39 bits per heavy atom. The van der Waals surface area contributed by atoms with Gasteiger partial charge in [0.15, 0.2) is 0 Å². The van der Waals surface area contributed by atoms with Crippen LogP contribution in [-0.4, -0.2) is 48.5 Å². The Balaban J connectivity index is 1.92. The van der Waals surface area contributed by atoms with Gasteiger partial charge in [-0.3, -0.25) is 4.79 Å². The Bertz CT molecular complexity index is 506. The van der Waals surface area contributed by atoms with E-state index in [-0.39, 0.29) is 11.9 Å². The largest absolute Gasteiger partial charge is 0.353 e. The van der Waals surface area contributed by atoms with Crippen molar-refractivity contribution in [3.05, 3.63) is 34.9 Å². The minimum absolute atomic E-state index is 0.136. The maximum absolute atomic E-state index is 11.8. The normalized spacial score (nSPS) is 22.3. The number of likely N-dealkylation sites (tertiary alicyclic amines) is 1. The van der Waals surface area contributed by atoms with Gasteiger partial charge < -0.3 is 10.2 Å². The van der Waals surface area contributed by atoms with Crippen LogP contribution in [0.4, 0.5) is 0 Å². The first-order chi connectivity index (χ1) is 11.0. The molecule has 1 aliphatic heterocycles. The molecular formula is C18H27ClN2OS. The van der Waals surface area contributed by atoms with Crippen molar-refractivity contribution < 1.29 is 4.79 Å². The van der Waals surface area contributed by atoms with Crippen LogP contribution in [0.2, 0.25) is 5.02 Å². The van der Waals surface area contributed by atoms with Crippen LogP contribution >= 0.6 is 23.4 Å². The second-order valence-corrected chi connectivity index (χ2v) is 8.17. The van der Waals surface area contributed by atoms with Crippen molar-refractivity contribution in [3.8, 4) is 0 Å². The van der Waals surface area contributed by atoms with Crippen LogP contribution in [0, 0.1) is 5.92 Å². The van der Waals surface area contributed by atoms with Gasteiger partial charge in [-0.25, -0.2) is 0 Å². The number of thioether (sulfide) groups is 1. The van der Waals surface area contributed by atoms with Gasteiger partial charge in [-0.15, -0.1) is 0 Å². The van der Waals surface area contributed by atoms with Crippen molar-refractivity contribution >= 4 is 29.3 Å². The van der Waals surface area contributed by atoms with Crippen molar-refractivity contribution in [2.24, 2.45) is 5.92 Å². The highest BCUT2D eigenvalue weighted by molar-refractivity contribution is 7.99. The summed E-state index contributed by atoms with van der Waals surface area (Å²) in [5, 5.41) is 3.74. The average Bonchev–Trinajstić information content (AvgIpc) is 2.48. The molecule has 0 spiro atoms. The van der Waals surface area contributed by atoms with E-state index >= 15 is 0 Å². The highest BCUT2D eigenvalue weighted by atomic mass is 35.5. The number of nitrogens with zero attached hydrogens (tertiary/aromatic N) is 1. The van der Waals surface area contributed by atoms with E-state index in [1.807, 2.05) is 26.0 Å². The molecule has 1 aliphatic rings. The molecule has 1 N–H and O–H groups in total. The SMILES string of the molecule is CC(C)NC(=O)CSCC1CN(C)CCC1c1ccc(Cl)cc1. The summed E-state index contributed by atoms with van der Waals surface area (Å²) in [4.78, 5) is 14.2. The first-order valence-corrected chi connectivity index (χ1v) is 9.80. The standard InChI is InChI=1S/C18H27ClN2OS/c1-13(2)20-18(22)12-23-11-15-10-21(3)9-8-17(15)14-4-6-16(19)7-5-14/h4-7,13,15,17H,8-12H2,1-3H3,(H,20,22). The van der Waals surface area contributed by atoms with Gasteiger partial charge >= 0.3 is 0 Å². The predicted molar refractivity (Wildman–Crippen MR) is 100 cm³/mol. The molecule has 1 heterocycles. The molecule has 23 heavy (non-hydrogen) atoms. The molecule has 2 atom stereocenters. The highest BCUT2D eigenvalue weighted by Gasteiger charge is 2.28. The van der Waals surface area contributed by atoms with E-state index in [9.17, 15) is 4.79 Å². The van der Waals surface area contributed by atoms with Crippen molar-refractivity contribution in [1.29, 1.82) is 0 Å². The van der Waals surface area contributed by atoms with Crippen LogP contribution in [0.5, 0.6) is 0 Å². The van der Waals surface area contributed by atoms with Gasteiger partial charge in [-0.1, -0.05) is 23.7 Å². The van der Waals surface area contributed by atoms with E-state index in [4.69, 9.17) is 11.6 Å². The molecule has 1 aromatic carbocycles. The van der Waals surface area contributed by atoms with E-state index in [2.05, 4.69) is 29.4 Å². The fourth-order valence-corrected chi connectivity index (χ4v) is 4.35. The fraction of sp³-hybridized carbons (Fsp3) is 0.611. The molecule has 1 saturated heterocycles. The summed E-state index contributed by atoms with van der Waals surface area (Å²) in [7, 11) is 2.18. The number of hydrogen-bond acceptors (Lipinski definition) is 3. The average molecular weight is 355 g/mol. The number of halogens is 1. The number of piperidine rings is 1. The van der Waals surface area contributed by atoms with Crippen LogP contribution in [-0.2, 0) is 4.79 Å². The number of rotatable bonds is 6. The Kier molecular flexibility index (Phi) is 7.25. The first kappa shape index (κ1) is 18.6. The third-order valence-corrected chi connectivity index (χ3v) is 5.63. The van der Waals surface area contributed by atoms with Gasteiger partial charge in [0.1, 0.15) is 0 Å². The lowest BCUT2D eigenvalue weighted by Gasteiger charge is -2.37. The topological polar surface area (TPSA) is 32.3 Å². The van der Waals surface area contributed by atoms with Crippen molar-refractivity contribution in [3.63, 3.8) is 0 Å². The quantitative estimate of drug-likeness (QED) is 0.846. The zero-order chi connectivity index (χ0) is 16.8. The Hall–Kier alpha value is -0.710. The smallest absolute Gasteiger partial charge is 0.230 e. The van der Waals surface area contributed by atoms with E-state index in [1.54, 1.807) is 11.8 Å². The van der Waals surface area contributed by atoms with E-state index < -0.39 is 0 Å². The zero-order valence-electron chi connectivity index (χ0n) is 14.2. The lowest BCUT2D eigenvalue weighted by Crippen LogP contribution is -2.38. The van der Waals surface area contributed by atoms with E-state index in [0.29, 0.717) is 17.6 Å². The molecule has 0 aliphatic carbocycles. The van der Waals surface area contributed by atoms with Gasteiger partial charge in [-0.05, 0) is 69.1 Å². The minimum atomic E-state index is 0.136. The summed E-state index contributed by atoms with van der Waals surface area (Å²) in [5.41, 5.74) is 1.37. The van der Waals surface area contributed by atoms with Crippen molar-refractivity contribution in [2.75, 3.05) is 31.6 Å². The number of benzene rings is 1. The van der Waals surface area contributed by atoms with Crippen LogP contribution in [0.1, 0.15) is 31.7 Å². The lowest BCUT2D eigenvalue weighted by atomic mass is 9.81. The van der Waals surface area contributed by atoms with Gasteiger partial charge in [0.05, 0.1) is 5.75 Å². The molecule has 1 aromatic rings. The summed E-state index contributed by atoms with van der Waals surface area (Å²) in [6.45, 7) is 6.21. The highest BCUT2D eigenvalue weighted by Crippen LogP contribution is 2.35. The molecule has 1 fully saturated rings. The molecule has 0 bridgehead atoms. The Morgan fingerprint density at radius 3 is 2.74 bits per heavy atom. The number of amides is 1. The number of carbonyl (C=O) groups excluding carboxylic acids is 1. The Morgan fingerprint density at radius 2 is 2.09 bits per heavy atom. The third-order valence-electron chi connectivity index (χ3n) is 4.25. The molecular weight excluding hydrogens is 328 g/mol. The fourth-order valence-electron chi connectivity index (χ4n) is 3.20. The van der Waals surface area contributed by atoms with E-state index in [0.717, 1.165) is 23.9 Å². The Labute approximate surface area is 149 Å². The zero-order valence-corrected chi connectivity index (χ0v) is 15.8. The maximum Gasteiger partial charge on any atom is 0.230 e. The van der Waals surface area contributed by atoms with Gasteiger partial charge in [0.2, 0.25) is 5.91 Å². The summed E-state index contributed by atoms with van der Waals surface area (Å²) in [6.07, 6.45) is 1.17. The van der Waals surface area contributed by atoms with Crippen molar-refractivity contribution in [1.82, 2.24) is 10.2 Å². The van der Waals surface area contributed by atoms with Crippen LogP contribution in [0.15, 0.2) is 24.3 Å². The summed E-state index contributed by atoms with van der Waals surface area (Å²) in [6, 6.07) is 8.49. The molecule has 0 saturated carbocycles. The monoisotopic (exact) mass is 354 g/mol. The molecule has 3 nitrogen and oxygen atoms in total. The van der Waals surface area contributed by atoms with Gasteiger partial charge in [0, 0.05) is 17.6 Å². The van der Waals surface area contributed by atoms with Gasteiger partial charge in [-0.2, -0.15) is 11.8 Å². The molecule has 2 rings (SSSR count). The molecule has 0 aromatic heterocycles. The lowest BCUT2D eigenvalue weighted by molar-refractivity contribution is -0.119.